The zero-order chi connectivity index (χ0) is 16.4. The maximum atomic E-state index is 9.20. The lowest BCUT2D eigenvalue weighted by Crippen LogP contribution is -2.41. The molecule has 1 aliphatic rings. The maximum Gasteiger partial charge on any atom is 0.491 e. The summed E-state index contributed by atoms with van der Waals surface area (Å²) in [7, 11) is -0.385. The average molecular weight is 320 g/mol. The number of rotatable bonds is 5. The third-order valence-corrected chi connectivity index (χ3v) is 4.88. The summed E-state index contributed by atoms with van der Waals surface area (Å²) in [6.07, 6.45) is 2.70. The van der Waals surface area contributed by atoms with Crippen LogP contribution in [0.3, 0.4) is 0 Å². The average Bonchev–Trinajstić information content (AvgIpc) is 2.66. The fraction of sp³-hybridized carbons (Fsp3) is 0.529. The van der Waals surface area contributed by atoms with Crippen LogP contribution in [0.4, 0.5) is 0 Å². The van der Waals surface area contributed by atoms with Gasteiger partial charge in [0.05, 0.1) is 11.2 Å². The van der Waals surface area contributed by atoms with Gasteiger partial charge in [-0.3, -0.25) is 0 Å². The van der Waals surface area contributed by atoms with E-state index in [0.29, 0.717) is 12.2 Å². The molecule has 5 heteroatoms. The van der Waals surface area contributed by atoms with Crippen LogP contribution in [0.2, 0.25) is 0 Å². The molecule has 0 unspecified atom stereocenters. The Morgan fingerprint density at radius 1 is 1.18 bits per heavy atom. The van der Waals surface area contributed by atoms with Crippen molar-refractivity contribution in [3.8, 4) is 0 Å². The number of thiol groups is 1. The van der Waals surface area contributed by atoms with Crippen LogP contribution in [0.5, 0.6) is 0 Å². The molecular formula is C17H25BO3S. The Kier molecular flexibility index (Phi) is 5.43. The van der Waals surface area contributed by atoms with E-state index in [1.807, 2.05) is 52.0 Å². The Bertz CT molecular complexity index is 539. The minimum Gasteiger partial charge on any atom is -0.400 e. The number of aliphatic hydroxyl groups is 1. The molecule has 0 aliphatic carbocycles. The van der Waals surface area contributed by atoms with Crippen LogP contribution in [0, 0.1) is 0 Å². The van der Waals surface area contributed by atoms with Crippen molar-refractivity contribution in [3.63, 3.8) is 0 Å². The van der Waals surface area contributed by atoms with Crippen molar-refractivity contribution in [2.24, 2.45) is 0 Å². The Labute approximate surface area is 139 Å². The first-order valence-corrected chi connectivity index (χ1v) is 8.30. The largest absolute Gasteiger partial charge is 0.491 e. The standard InChI is InChI=1S/C17H25BO3S/c1-16(2)17(3,4)21-18(20-16)15(12-22)11-14-8-6-5-7-13(14)9-10-19/h5-8,11,19,22H,9-10,12H2,1-4H3. The number of hydrogen-bond donors (Lipinski definition) is 2. The van der Waals surface area contributed by atoms with Gasteiger partial charge in [0.1, 0.15) is 0 Å². The number of benzene rings is 1. The molecule has 3 nitrogen and oxygen atoms in total. The monoisotopic (exact) mass is 320 g/mol. The second kappa shape index (κ2) is 6.79. The molecular weight excluding hydrogens is 295 g/mol. The predicted molar refractivity (Wildman–Crippen MR) is 95.1 cm³/mol. The van der Waals surface area contributed by atoms with Crippen LogP contribution >= 0.6 is 12.6 Å². The van der Waals surface area contributed by atoms with E-state index < -0.39 is 0 Å². The molecule has 0 bridgehead atoms. The van der Waals surface area contributed by atoms with Gasteiger partial charge in [-0.05, 0) is 50.7 Å². The molecule has 0 atom stereocenters. The van der Waals surface area contributed by atoms with E-state index in [1.54, 1.807) is 0 Å². The molecule has 1 N–H and O–H groups in total. The van der Waals surface area contributed by atoms with Crippen LogP contribution in [0.15, 0.2) is 29.7 Å². The molecule has 1 fully saturated rings. The summed E-state index contributed by atoms with van der Waals surface area (Å²) in [4.78, 5) is 0. The van der Waals surface area contributed by atoms with Crippen molar-refractivity contribution < 1.29 is 14.4 Å². The summed E-state index contributed by atoms with van der Waals surface area (Å²) in [6, 6.07) is 8.05. The molecule has 0 aromatic heterocycles. The summed E-state index contributed by atoms with van der Waals surface area (Å²) < 4.78 is 12.2. The van der Waals surface area contributed by atoms with E-state index in [0.717, 1.165) is 16.6 Å². The minimum absolute atomic E-state index is 0.136. The second-order valence-electron chi connectivity index (χ2n) is 6.64. The van der Waals surface area contributed by atoms with Gasteiger partial charge in [0, 0.05) is 12.4 Å². The lowest BCUT2D eigenvalue weighted by Gasteiger charge is -2.32. The molecule has 0 saturated carbocycles. The van der Waals surface area contributed by atoms with E-state index in [2.05, 4.69) is 18.7 Å². The highest BCUT2D eigenvalue weighted by atomic mass is 32.1. The third-order valence-electron chi connectivity index (χ3n) is 4.52. The van der Waals surface area contributed by atoms with Crippen molar-refractivity contribution in [3.05, 3.63) is 40.9 Å². The van der Waals surface area contributed by atoms with E-state index in [-0.39, 0.29) is 24.9 Å². The van der Waals surface area contributed by atoms with E-state index in [9.17, 15) is 5.11 Å². The van der Waals surface area contributed by atoms with Crippen LogP contribution in [-0.2, 0) is 15.7 Å². The van der Waals surface area contributed by atoms with Gasteiger partial charge in [-0.1, -0.05) is 30.3 Å². The van der Waals surface area contributed by atoms with Crippen molar-refractivity contribution in [2.75, 3.05) is 12.4 Å². The van der Waals surface area contributed by atoms with Gasteiger partial charge < -0.3 is 14.4 Å². The fourth-order valence-corrected chi connectivity index (χ4v) is 2.65. The Hall–Kier alpha value is -0.745. The molecule has 0 radical (unpaired) electrons. The first-order valence-electron chi connectivity index (χ1n) is 7.66. The van der Waals surface area contributed by atoms with Crippen LogP contribution in [0.25, 0.3) is 6.08 Å². The molecule has 1 aliphatic heterocycles. The van der Waals surface area contributed by atoms with E-state index in [4.69, 9.17) is 9.31 Å². The van der Waals surface area contributed by atoms with Crippen molar-refractivity contribution in [1.29, 1.82) is 0 Å². The zero-order valence-electron chi connectivity index (χ0n) is 13.8. The number of aliphatic hydroxyl groups excluding tert-OH is 1. The third kappa shape index (κ3) is 3.59. The van der Waals surface area contributed by atoms with Gasteiger partial charge in [-0.2, -0.15) is 12.6 Å². The van der Waals surface area contributed by atoms with Crippen molar-refractivity contribution in [2.45, 2.75) is 45.3 Å². The van der Waals surface area contributed by atoms with Gasteiger partial charge in [0.25, 0.3) is 0 Å². The topological polar surface area (TPSA) is 38.7 Å². The predicted octanol–water partition coefficient (Wildman–Crippen LogP) is 3.17. The van der Waals surface area contributed by atoms with Crippen LogP contribution in [0.1, 0.15) is 38.8 Å². The lowest BCUT2D eigenvalue weighted by molar-refractivity contribution is 0.00578. The van der Waals surface area contributed by atoms with Crippen LogP contribution in [-0.4, -0.2) is 35.8 Å². The quantitative estimate of drug-likeness (QED) is 0.646. The second-order valence-corrected chi connectivity index (χ2v) is 6.95. The van der Waals surface area contributed by atoms with Gasteiger partial charge >= 0.3 is 7.12 Å². The highest BCUT2D eigenvalue weighted by Gasteiger charge is 2.52. The Morgan fingerprint density at radius 3 is 2.32 bits per heavy atom. The van der Waals surface area contributed by atoms with Gasteiger partial charge in [-0.15, -0.1) is 0 Å². The summed E-state index contributed by atoms with van der Waals surface area (Å²) in [5.74, 6) is 0.560. The van der Waals surface area contributed by atoms with E-state index >= 15 is 0 Å². The molecule has 0 amide bonds. The van der Waals surface area contributed by atoms with Crippen molar-refractivity contribution >= 4 is 25.8 Å². The SMILES string of the molecule is CC1(C)OB(C(=Cc2ccccc2CCO)CS)OC1(C)C. The normalized spacial score (nSPS) is 20.5. The van der Waals surface area contributed by atoms with Gasteiger partial charge in [-0.25, -0.2) is 0 Å². The molecule has 120 valence electrons. The number of hydrogen-bond acceptors (Lipinski definition) is 4. The summed E-state index contributed by atoms with van der Waals surface area (Å²) in [6.45, 7) is 8.31. The molecule has 1 aromatic rings. The zero-order valence-corrected chi connectivity index (χ0v) is 14.7. The minimum atomic E-state index is -0.385. The highest BCUT2D eigenvalue weighted by molar-refractivity contribution is 7.80. The lowest BCUT2D eigenvalue weighted by atomic mass is 9.78. The maximum absolute atomic E-state index is 9.20. The molecule has 1 saturated heterocycles. The summed E-state index contributed by atoms with van der Waals surface area (Å²) >= 11 is 4.44. The smallest absolute Gasteiger partial charge is 0.400 e. The van der Waals surface area contributed by atoms with Crippen LogP contribution < -0.4 is 0 Å². The first-order chi connectivity index (χ1) is 10.3. The van der Waals surface area contributed by atoms with Gasteiger partial charge in [0.2, 0.25) is 0 Å². The molecule has 1 heterocycles. The molecule has 0 spiro atoms. The van der Waals surface area contributed by atoms with Crippen molar-refractivity contribution in [1.82, 2.24) is 0 Å². The molecule has 22 heavy (non-hydrogen) atoms. The Morgan fingerprint density at radius 2 is 1.77 bits per heavy atom. The van der Waals surface area contributed by atoms with Gasteiger partial charge in [0.15, 0.2) is 0 Å². The summed E-state index contributed by atoms with van der Waals surface area (Å²) in [5, 5.41) is 9.20. The molecule has 1 aromatic carbocycles. The van der Waals surface area contributed by atoms with E-state index in [1.165, 1.54) is 0 Å². The highest BCUT2D eigenvalue weighted by Crippen LogP contribution is 2.39. The summed E-state index contributed by atoms with van der Waals surface area (Å²) in [5.41, 5.74) is 2.47. The fourth-order valence-electron chi connectivity index (χ4n) is 2.41. The molecule has 2 rings (SSSR count). The first kappa shape index (κ1) is 17.6. The Balaban J connectivity index is 2.30.